The maximum Gasteiger partial charge on any atom is 0.245 e. The minimum Gasteiger partial charge on any atom is -0.479 e. The number of aliphatic imine (C=N–C) groups is 1. The monoisotopic (exact) mass is 342 g/mol. The van der Waals surface area contributed by atoms with Crippen LogP contribution in [0.4, 0.5) is 0 Å². The first-order chi connectivity index (χ1) is 11.8. The molecule has 1 aromatic carbocycles. The number of halogens is 1. The summed E-state index contributed by atoms with van der Waals surface area (Å²) in [5.41, 5.74) is 2.50. The maximum absolute atomic E-state index is 5.98. The van der Waals surface area contributed by atoms with Crippen molar-refractivity contribution in [2.75, 3.05) is 13.2 Å². The number of H-pyrrole nitrogens is 1. The number of hydrogen-bond donors (Lipinski definition) is 1. The van der Waals surface area contributed by atoms with Crippen LogP contribution < -0.4 is 0 Å². The highest BCUT2D eigenvalue weighted by molar-refractivity contribution is 6.30. The van der Waals surface area contributed by atoms with E-state index in [9.17, 15) is 0 Å². The molecular weight excluding hydrogens is 328 g/mol. The fourth-order valence-corrected chi connectivity index (χ4v) is 2.72. The van der Waals surface area contributed by atoms with Crippen molar-refractivity contribution >= 4 is 17.5 Å². The number of benzene rings is 1. The average molecular weight is 343 g/mol. The summed E-state index contributed by atoms with van der Waals surface area (Å²) in [7, 11) is 0. The predicted molar refractivity (Wildman–Crippen MR) is 91.1 cm³/mol. The lowest BCUT2D eigenvalue weighted by molar-refractivity contribution is 0.337. The standard InChI is InChI=1S/C17H15ClN4O2/c18-12-3-1-11(2-4-12)16-14(5-6-15-19-9-10-23-15)24-17(21-16)13-7-8-20-22-13/h1-4,7-8H,5-6,9-10H2,(H,20,22). The molecule has 0 bridgehead atoms. The minimum absolute atomic E-state index is 0.515. The largest absolute Gasteiger partial charge is 0.479 e. The summed E-state index contributed by atoms with van der Waals surface area (Å²) in [5, 5.41) is 7.51. The van der Waals surface area contributed by atoms with E-state index in [0.717, 1.165) is 35.2 Å². The molecule has 0 fully saturated rings. The van der Waals surface area contributed by atoms with Gasteiger partial charge in [-0.15, -0.1) is 0 Å². The minimum atomic E-state index is 0.515. The van der Waals surface area contributed by atoms with E-state index in [1.165, 1.54) is 0 Å². The summed E-state index contributed by atoms with van der Waals surface area (Å²) in [6, 6.07) is 9.38. The van der Waals surface area contributed by atoms with Gasteiger partial charge in [-0.3, -0.25) is 10.1 Å². The van der Waals surface area contributed by atoms with Crippen molar-refractivity contribution in [3.63, 3.8) is 0 Å². The molecule has 0 unspecified atom stereocenters. The Balaban J connectivity index is 1.67. The Kier molecular flexibility index (Phi) is 4.04. The zero-order chi connectivity index (χ0) is 16.4. The number of aromatic amines is 1. The molecule has 6 nitrogen and oxygen atoms in total. The second-order valence-electron chi connectivity index (χ2n) is 5.39. The van der Waals surface area contributed by atoms with Crippen molar-refractivity contribution < 1.29 is 9.15 Å². The molecule has 1 aliphatic heterocycles. The van der Waals surface area contributed by atoms with Crippen molar-refractivity contribution in [3.8, 4) is 22.8 Å². The molecule has 7 heteroatoms. The van der Waals surface area contributed by atoms with E-state index in [0.29, 0.717) is 30.4 Å². The molecule has 4 rings (SSSR count). The van der Waals surface area contributed by atoms with Crippen molar-refractivity contribution in [2.24, 2.45) is 4.99 Å². The van der Waals surface area contributed by atoms with E-state index in [1.54, 1.807) is 6.20 Å². The van der Waals surface area contributed by atoms with Gasteiger partial charge in [0, 0.05) is 29.6 Å². The molecule has 3 heterocycles. The van der Waals surface area contributed by atoms with Gasteiger partial charge in [0.25, 0.3) is 0 Å². The molecule has 0 aliphatic carbocycles. The van der Waals surface area contributed by atoms with Crippen molar-refractivity contribution in [2.45, 2.75) is 12.8 Å². The van der Waals surface area contributed by atoms with Crippen LogP contribution in [0.1, 0.15) is 12.2 Å². The normalized spacial score (nSPS) is 13.8. The summed E-state index contributed by atoms with van der Waals surface area (Å²) in [5.74, 6) is 2.08. The maximum atomic E-state index is 5.98. The van der Waals surface area contributed by atoms with E-state index < -0.39 is 0 Å². The Bertz CT molecular complexity index is 853. The van der Waals surface area contributed by atoms with Crippen LogP contribution in [0.5, 0.6) is 0 Å². The topological polar surface area (TPSA) is 76.3 Å². The highest BCUT2D eigenvalue weighted by Gasteiger charge is 2.18. The molecule has 0 saturated heterocycles. The molecule has 0 spiro atoms. The molecule has 2 aromatic heterocycles. The first-order valence-electron chi connectivity index (χ1n) is 7.71. The van der Waals surface area contributed by atoms with Crippen molar-refractivity contribution in [1.82, 2.24) is 15.2 Å². The molecule has 0 atom stereocenters. The van der Waals surface area contributed by atoms with E-state index in [1.807, 2.05) is 30.3 Å². The highest BCUT2D eigenvalue weighted by Crippen LogP contribution is 2.30. The Morgan fingerprint density at radius 2 is 2.00 bits per heavy atom. The molecule has 1 aliphatic rings. The van der Waals surface area contributed by atoms with Crippen LogP contribution in [0, 0.1) is 0 Å². The third-order valence-corrected chi connectivity index (χ3v) is 4.01. The number of hydrogen-bond acceptors (Lipinski definition) is 5. The van der Waals surface area contributed by atoms with Crippen LogP contribution >= 0.6 is 11.6 Å². The molecular formula is C17H15ClN4O2. The third-order valence-electron chi connectivity index (χ3n) is 3.76. The molecule has 0 saturated carbocycles. The third kappa shape index (κ3) is 3.05. The number of aryl methyl sites for hydroxylation is 1. The lowest BCUT2D eigenvalue weighted by atomic mass is 10.1. The van der Waals surface area contributed by atoms with Gasteiger partial charge >= 0.3 is 0 Å². The number of oxazole rings is 1. The van der Waals surface area contributed by atoms with E-state index in [2.05, 4.69) is 20.2 Å². The Morgan fingerprint density at radius 1 is 1.12 bits per heavy atom. The Labute approximate surface area is 143 Å². The summed E-state index contributed by atoms with van der Waals surface area (Å²) >= 11 is 5.98. The molecule has 0 radical (unpaired) electrons. The molecule has 122 valence electrons. The number of ether oxygens (including phenoxy) is 1. The number of nitrogens with zero attached hydrogens (tertiary/aromatic N) is 3. The number of nitrogens with one attached hydrogen (secondary N) is 1. The van der Waals surface area contributed by atoms with E-state index in [4.69, 9.17) is 20.8 Å². The van der Waals surface area contributed by atoms with E-state index in [-0.39, 0.29) is 0 Å². The van der Waals surface area contributed by atoms with Gasteiger partial charge in [-0.1, -0.05) is 23.7 Å². The second-order valence-corrected chi connectivity index (χ2v) is 5.83. The van der Waals surface area contributed by atoms with Crippen LogP contribution in [-0.2, 0) is 11.2 Å². The van der Waals surface area contributed by atoms with Crippen LogP contribution in [0.15, 0.2) is 45.9 Å². The van der Waals surface area contributed by atoms with Crippen molar-refractivity contribution in [1.29, 1.82) is 0 Å². The van der Waals surface area contributed by atoms with Crippen molar-refractivity contribution in [3.05, 3.63) is 47.3 Å². The van der Waals surface area contributed by atoms with Crippen LogP contribution in [0.25, 0.3) is 22.8 Å². The quantitative estimate of drug-likeness (QED) is 0.766. The van der Waals surface area contributed by atoms with Gasteiger partial charge in [0.05, 0.1) is 6.54 Å². The van der Waals surface area contributed by atoms with Crippen LogP contribution in [0.3, 0.4) is 0 Å². The van der Waals surface area contributed by atoms with E-state index >= 15 is 0 Å². The first-order valence-corrected chi connectivity index (χ1v) is 8.09. The van der Waals surface area contributed by atoms with Crippen LogP contribution in [-0.4, -0.2) is 34.2 Å². The lowest BCUT2D eigenvalue weighted by Crippen LogP contribution is -2.01. The van der Waals surface area contributed by atoms with Crippen LogP contribution in [0.2, 0.25) is 5.02 Å². The molecule has 3 aromatic rings. The van der Waals surface area contributed by atoms with Gasteiger partial charge in [-0.25, -0.2) is 4.98 Å². The lowest BCUT2D eigenvalue weighted by Gasteiger charge is -2.02. The SMILES string of the molecule is Clc1ccc(-c2nc(-c3ccn[nH]3)oc2CCC2=NCCO2)cc1. The van der Waals surface area contributed by atoms with Gasteiger partial charge in [0.15, 0.2) is 5.90 Å². The highest BCUT2D eigenvalue weighted by atomic mass is 35.5. The van der Waals surface area contributed by atoms with Gasteiger partial charge < -0.3 is 9.15 Å². The Morgan fingerprint density at radius 3 is 2.71 bits per heavy atom. The average Bonchev–Trinajstić information content (AvgIpc) is 3.34. The zero-order valence-corrected chi connectivity index (χ0v) is 13.6. The number of rotatable bonds is 5. The molecule has 1 N–H and O–H groups in total. The molecule has 24 heavy (non-hydrogen) atoms. The van der Waals surface area contributed by atoms with Gasteiger partial charge in [-0.2, -0.15) is 5.10 Å². The number of aromatic nitrogens is 3. The Hall–Kier alpha value is -2.60. The fraction of sp³-hybridized carbons (Fsp3) is 0.235. The second kappa shape index (κ2) is 6.49. The summed E-state index contributed by atoms with van der Waals surface area (Å²) in [6.07, 6.45) is 3.03. The van der Waals surface area contributed by atoms with Gasteiger partial charge in [0.2, 0.25) is 5.89 Å². The van der Waals surface area contributed by atoms with Gasteiger partial charge in [0.1, 0.15) is 23.8 Å². The first kappa shape index (κ1) is 15.0. The smallest absolute Gasteiger partial charge is 0.245 e. The van der Waals surface area contributed by atoms with Gasteiger partial charge in [-0.05, 0) is 18.2 Å². The molecule has 0 amide bonds. The predicted octanol–water partition coefficient (Wildman–Crippen LogP) is 3.75. The summed E-state index contributed by atoms with van der Waals surface area (Å²) in [4.78, 5) is 8.96. The summed E-state index contributed by atoms with van der Waals surface area (Å²) in [6.45, 7) is 1.39. The summed E-state index contributed by atoms with van der Waals surface area (Å²) < 4.78 is 11.4. The zero-order valence-electron chi connectivity index (χ0n) is 12.8. The fourth-order valence-electron chi connectivity index (χ4n) is 2.60.